The number of phenolic OH excluding ortho intramolecular Hbond substituents is 1. The summed E-state index contributed by atoms with van der Waals surface area (Å²) >= 11 is 0. The third kappa shape index (κ3) is 3.35. The van der Waals surface area contributed by atoms with Crippen molar-refractivity contribution in [2.75, 3.05) is 21.3 Å². The molecule has 0 radical (unpaired) electrons. The lowest BCUT2D eigenvalue weighted by Crippen LogP contribution is -1.92. The van der Waals surface area contributed by atoms with Gasteiger partial charge in [-0.2, -0.15) is 0 Å². The van der Waals surface area contributed by atoms with E-state index in [1.54, 1.807) is 32.5 Å². The van der Waals surface area contributed by atoms with Crippen molar-refractivity contribution >= 4 is 22.9 Å². The van der Waals surface area contributed by atoms with Gasteiger partial charge in [-0.15, -0.1) is 0 Å². The van der Waals surface area contributed by atoms with Crippen molar-refractivity contribution in [3.05, 3.63) is 53.9 Å². The topological polar surface area (TPSA) is 60.8 Å². The second-order valence-electron chi connectivity index (χ2n) is 5.39. The van der Waals surface area contributed by atoms with Crippen LogP contribution in [0.3, 0.4) is 0 Å². The molecule has 25 heavy (non-hydrogen) atoms. The molecule has 0 saturated heterocycles. The quantitative estimate of drug-likeness (QED) is 0.758. The number of aromatic nitrogens is 1. The summed E-state index contributed by atoms with van der Waals surface area (Å²) in [7, 11) is 4.75. The second kappa shape index (κ2) is 7.13. The minimum atomic E-state index is 0.111. The van der Waals surface area contributed by atoms with Crippen LogP contribution in [0.4, 0.5) is 0 Å². The molecule has 0 unspecified atom stereocenters. The van der Waals surface area contributed by atoms with Gasteiger partial charge in [-0.1, -0.05) is 12.1 Å². The summed E-state index contributed by atoms with van der Waals surface area (Å²) in [6, 6.07) is 10.9. The van der Waals surface area contributed by atoms with Gasteiger partial charge in [0.05, 0.1) is 27.0 Å². The summed E-state index contributed by atoms with van der Waals surface area (Å²) < 4.78 is 15.9. The number of methoxy groups -OCH3 is 3. The summed E-state index contributed by atoms with van der Waals surface area (Å²) in [5.74, 6) is 1.88. The lowest BCUT2D eigenvalue weighted by molar-refractivity contribution is 0.356. The van der Waals surface area contributed by atoms with Crippen molar-refractivity contribution in [1.29, 1.82) is 0 Å². The first kappa shape index (κ1) is 16.6. The Morgan fingerprint density at radius 1 is 0.840 bits per heavy atom. The minimum Gasteiger partial charge on any atom is -0.504 e. The van der Waals surface area contributed by atoms with E-state index in [9.17, 15) is 5.11 Å². The zero-order chi connectivity index (χ0) is 17.8. The molecule has 2 aromatic carbocycles. The van der Waals surface area contributed by atoms with Crippen LogP contribution in [0.25, 0.3) is 22.9 Å². The van der Waals surface area contributed by atoms with Gasteiger partial charge in [0, 0.05) is 11.6 Å². The number of hydrogen-bond acceptors (Lipinski definition) is 5. The van der Waals surface area contributed by atoms with Gasteiger partial charge in [0.25, 0.3) is 0 Å². The van der Waals surface area contributed by atoms with Crippen LogP contribution < -0.4 is 14.2 Å². The van der Waals surface area contributed by atoms with E-state index in [2.05, 4.69) is 4.98 Å². The number of fused-ring (bicyclic) bond motifs is 1. The molecule has 0 amide bonds. The van der Waals surface area contributed by atoms with Crippen molar-refractivity contribution in [2.24, 2.45) is 0 Å². The summed E-state index contributed by atoms with van der Waals surface area (Å²) in [6.07, 6.45) is 5.59. The van der Waals surface area contributed by atoms with E-state index >= 15 is 0 Å². The van der Waals surface area contributed by atoms with Crippen LogP contribution in [-0.4, -0.2) is 31.4 Å². The predicted octanol–water partition coefficient (Wildman–Crippen LogP) is 4.14. The zero-order valence-electron chi connectivity index (χ0n) is 14.3. The van der Waals surface area contributed by atoms with Gasteiger partial charge < -0.3 is 19.3 Å². The maximum atomic E-state index is 9.68. The number of pyridine rings is 1. The van der Waals surface area contributed by atoms with Crippen LogP contribution in [0.5, 0.6) is 23.0 Å². The van der Waals surface area contributed by atoms with E-state index in [0.29, 0.717) is 17.2 Å². The number of ether oxygens (including phenoxy) is 3. The standard InChI is InChI=1S/C20H19NO4/c1-23-18-10-13(5-7-17(18)22)4-6-16-15-12-20(25-3)19(24-2)11-14(15)8-9-21-16/h4-12,22H,1-3H3. The van der Waals surface area contributed by atoms with Gasteiger partial charge in [-0.05, 0) is 47.4 Å². The van der Waals surface area contributed by atoms with Crippen molar-refractivity contribution in [1.82, 2.24) is 4.98 Å². The lowest BCUT2D eigenvalue weighted by Gasteiger charge is -2.10. The van der Waals surface area contributed by atoms with Crippen LogP contribution >= 0.6 is 0 Å². The number of rotatable bonds is 5. The maximum absolute atomic E-state index is 9.68. The third-order valence-electron chi connectivity index (χ3n) is 3.94. The normalized spacial score (nSPS) is 11.0. The molecule has 1 aromatic heterocycles. The molecule has 1 N–H and O–H groups in total. The third-order valence-corrected chi connectivity index (χ3v) is 3.94. The van der Waals surface area contributed by atoms with Crippen LogP contribution in [0.1, 0.15) is 11.3 Å². The summed E-state index contributed by atoms with van der Waals surface area (Å²) in [5.41, 5.74) is 1.71. The van der Waals surface area contributed by atoms with Crippen LogP contribution in [0, 0.1) is 0 Å². The van der Waals surface area contributed by atoms with E-state index in [1.807, 2.05) is 36.4 Å². The summed E-state index contributed by atoms with van der Waals surface area (Å²) in [6.45, 7) is 0. The molecular formula is C20H19NO4. The maximum Gasteiger partial charge on any atom is 0.161 e. The molecule has 0 aliphatic carbocycles. The van der Waals surface area contributed by atoms with Crippen LogP contribution in [-0.2, 0) is 0 Å². The molecule has 1 heterocycles. The fourth-order valence-corrected chi connectivity index (χ4v) is 2.63. The van der Waals surface area contributed by atoms with E-state index in [1.165, 1.54) is 7.11 Å². The second-order valence-corrected chi connectivity index (χ2v) is 5.39. The first-order valence-corrected chi connectivity index (χ1v) is 7.72. The number of benzene rings is 2. The predicted molar refractivity (Wildman–Crippen MR) is 98.4 cm³/mol. The Hall–Kier alpha value is -3.21. The Labute approximate surface area is 146 Å². The molecule has 5 heteroatoms. The molecule has 0 spiro atoms. The molecule has 128 valence electrons. The zero-order valence-corrected chi connectivity index (χ0v) is 14.3. The lowest BCUT2D eigenvalue weighted by atomic mass is 10.1. The average molecular weight is 337 g/mol. The Bertz CT molecular complexity index is 934. The largest absolute Gasteiger partial charge is 0.504 e. The van der Waals surface area contributed by atoms with Gasteiger partial charge in [0.2, 0.25) is 0 Å². The van der Waals surface area contributed by atoms with E-state index in [4.69, 9.17) is 14.2 Å². The van der Waals surface area contributed by atoms with E-state index in [-0.39, 0.29) is 5.75 Å². The Balaban J connectivity index is 2.03. The van der Waals surface area contributed by atoms with E-state index in [0.717, 1.165) is 22.0 Å². The minimum absolute atomic E-state index is 0.111. The number of aromatic hydroxyl groups is 1. The molecule has 3 rings (SSSR count). The number of phenols is 1. The Morgan fingerprint density at radius 3 is 2.28 bits per heavy atom. The van der Waals surface area contributed by atoms with Gasteiger partial charge >= 0.3 is 0 Å². The monoisotopic (exact) mass is 337 g/mol. The molecule has 0 bridgehead atoms. The van der Waals surface area contributed by atoms with Gasteiger partial charge in [0.1, 0.15) is 0 Å². The number of nitrogens with zero attached hydrogens (tertiary/aromatic N) is 1. The molecule has 0 atom stereocenters. The molecule has 0 aliphatic heterocycles. The average Bonchev–Trinajstić information content (AvgIpc) is 2.66. The fourth-order valence-electron chi connectivity index (χ4n) is 2.63. The molecule has 0 aliphatic rings. The molecule has 0 fully saturated rings. The summed E-state index contributed by atoms with van der Waals surface area (Å²) in [4.78, 5) is 4.45. The fraction of sp³-hybridized carbons (Fsp3) is 0.150. The van der Waals surface area contributed by atoms with Crippen molar-refractivity contribution < 1.29 is 19.3 Å². The highest BCUT2D eigenvalue weighted by Gasteiger charge is 2.08. The van der Waals surface area contributed by atoms with Gasteiger partial charge in [-0.3, -0.25) is 4.98 Å². The smallest absolute Gasteiger partial charge is 0.161 e. The number of hydrogen-bond donors (Lipinski definition) is 1. The molecule has 5 nitrogen and oxygen atoms in total. The summed E-state index contributed by atoms with van der Waals surface area (Å²) in [5, 5.41) is 11.7. The van der Waals surface area contributed by atoms with Crippen LogP contribution in [0.15, 0.2) is 42.6 Å². The first-order valence-electron chi connectivity index (χ1n) is 7.72. The highest BCUT2D eigenvalue weighted by molar-refractivity contribution is 5.93. The SMILES string of the molecule is COc1cc(C=Cc2nccc3cc(OC)c(OC)cc23)ccc1O. The van der Waals surface area contributed by atoms with Gasteiger partial charge in [-0.25, -0.2) is 0 Å². The molecular weight excluding hydrogens is 318 g/mol. The molecule has 3 aromatic rings. The van der Waals surface area contributed by atoms with Crippen LogP contribution in [0.2, 0.25) is 0 Å². The Morgan fingerprint density at radius 2 is 1.56 bits per heavy atom. The van der Waals surface area contributed by atoms with Gasteiger partial charge in [0.15, 0.2) is 23.0 Å². The van der Waals surface area contributed by atoms with Crippen molar-refractivity contribution in [2.45, 2.75) is 0 Å². The Kier molecular flexibility index (Phi) is 4.75. The highest BCUT2D eigenvalue weighted by atomic mass is 16.5. The first-order chi connectivity index (χ1) is 12.2. The van der Waals surface area contributed by atoms with E-state index < -0.39 is 0 Å². The highest BCUT2D eigenvalue weighted by Crippen LogP contribution is 2.33. The van der Waals surface area contributed by atoms with Crippen molar-refractivity contribution in [3.8, 4) is 23.0 Å². The van der Waals surface area contributed by atoms with Crippen molar-refractivity contribution in [3.63, 3.8) is 0 Å². The molecule has 0 saturated carbocycles.